The Bertz CT molecular complexity index is 1070. The lowest BCUT2D eigenvalue weighted by Gasteiger charge is -2.33. The van der Waals surface area contributed by atoms with Crippen molar-refractivity contribution in [2.24, 2.45) is 11.3 Å². The molecular weight excluding hydrogens is 406 g/mol. The molecule has 2 amide bonds. The Hall–Kier alpha value is -3.06. The largest absolute Gasteiger partial charge is 0.496 e. The van der Waals surface area contributed by atoms with Crippen molar-refractivity contribution in [1.82, 2.24) is 15.2 Å². The highest BCUT2D eigenvalue weighted by molar-refractivity contribution is 6.10. The quantitative estimate of drug-likeness (QED) is 0.558. The lowest BCUT2D eigenvalue weighted by molar-refractivity contribution is -0.127. The third-order valence-electron chi connectivity index (χ3n) is 6.70. The molecule has 7 heteroatoms. The molecule has 1 saturated heterocycles. The Balaban J connectivity index is 1.32. The molecule has 1 aromatic heterocycles. The molecule has 0 spiro atoms. The Morgan fingerprint density at radius 2 is 1.88 bits per heavy atom. The van der Waals surface area contributed by atoms with Crippen molar-refractivity contribution in [3.05, 3.63) is 59.7 Å². The number of ether oxygens (including phenoxy) is 2. The molecule has 2 N–H and O–H groups in total. The second kappa shape index (κ2) is 9.20. The van der Waals surface area contributed by atoms with E-state index in [4.69, 9.17) is 9.47 Å². The van der Waals surface area contributed by atoms with Crippen molar-refractivity contribution < 1.29 is 19.1 Å². The Labute approximate surface area is 188 Å². The predicted octanol–water partition coefficient (Wildman–Crippen LogP) is 3.15. The molecule has 2 atom stereocenters. The van der Waals surface area contributed by atoms with Crippen molar-refractivity contribution in [3.8, 4) is 0 Å². The summed E-state index contributed by atoms with van der Waals surface area (Å²) in [7, 11) is 5.14. The third kappa shape index (κ3) is 3.93. The number of carbonyl (C=O) groups excluding carboxylic acids is 2. The molecular formula is C25H31N3O4. The van der Waals surface area contributed by atoms with Crippen LogP contribution in [0.15, 0.2) is 54.1 Å². The van der Waals surface area contributed by atoms with E-state index >= 15 is 0 Å². The monoisotopic (exact) mass is 437 g/mol. The molecule has 1 fully saturated rings. The van der Waals surface area contributed by atoms with Crippen LogP contribution in [0.25, 0.3) is 10.9 Å². The summed E-state index contributed by atoms with van der Waals surface area (Å²) in [5.74, 6) is -0.335. The summed E-state index contributed by atoms with van der Waals surface area (Å²) in [6.45, 7) is 1.81. The summed E-state index contributed by atoms with van der Waals surface area (Å²) in [5.41, 5.74) is 1.61. The Kier molecular flexibility index (Phi) is 6.37. The zero-order chi connectivity index (χ0) is 22.7. The fraction of sp³-hybridized carbons (Fsp3) is 0.440. The Morgan fingerprint density at radius 1 is 1.09 bits per heavy atom. The van der Waals surface area contributed by atoms with E-state index in [1.807, 2.05) is 12.1 Å². The lowest BCUT2D eigenvalue weighted by Crippen LogP contribution is -2.37. The SMILES string of the molecule is COC1=C(OC)C2C(=O)NC(=O)C2(CCCN(C)CCCc2c[nH]c3ccccc23)C=C1. The number of nitrogens with one attached hydrogen (secondary N) is 2. The summed E-state index contributed by atoms with van der Waals surface area (Å²) in [4.78, 5) is 30.9. The molecule has 32 heavy (non-hydrogen) atoms. The molecule has 170 valence electrons. The van der Waals surface area contributed by atoms with Crippen molar-refractivity contribution in [2.45, 2.75) is 25.7 Å². The topological polar surface area (TPSA) is 83.7 Å². The molecule has 2 aromatic rings. The number of amides is 2. The van der Waals surface area contributed by atoms with Crippen molar-refractivity contribution in [3.63, 3.8) is 0 Å². The van der Waals surface area contributed by atoms with Crippen LogP contribution in [0.1, 0.15) is 24.8 Å². The predicted molar refractivity (Wildman–Crippen MR) is 123 cm³/mol. The number of rotatable bonds is 10. The number of aromatic amines is 1. The van der Waals surface area contributed by atoms with Crippen LogP contribution in [-0.4, -0.2) is 56.1 Å². The van der Waals surface area contributed by atoms with Gasteiger partial charge in [0, 0.05) is 17.1 Å². The van der Waals surface area contributed by atoms with Gasteiger partial charge in [-0.3, -0.25) is 14.9 Å². The van der Waals surface area contributed by atoms with E-state index < -0.39 is 11.3 Å². The minimum atomic E-state index is -0.907. The molecule has 2 aliphatic rings. The first-order valence-electron chi connectivity index (χ1n) is 11.1. The van der Waals surface area contributed by atoms with Gasteiger partial charge in [-0.1, -0.05) is 24.3 Å². The van der Waals surface area contributed by atoms with Crippen LogP contribution < -0.4 is 5.32 Å². The van der Waals surface area contributed by atoms with Gasteiger partial charge in [0.15, 0.2) is 11.5 Å². The van der Waals surface area contributed by atoms with Crippen molar-refractivity contribution in [1.29, 1.82) is 0 Å². The van der Waals surface area contributed by atoms with E-state index in [1.165, 1.54) is 30.7 Å². The van der Waals surface area contributed by atoms with Crippen LogP contribution >= 0.6 is 0 Å². The van der Waals surface area contributed by atoms with Gasteiger partial charge in [0.25, 0.3) is 0 Å². The smallest absolute Gasteiger partial charge is 0.238 e. The van der Waals surface area contributed by atoms with Crippen molar-refractivity contribution >= 4 is 22.7 Å². The highest BCUT2D eigenvalue weighted by Gasteiger charge is 2.57. The maximum Gasteiger partial charge on any atom is 0.238 e. The summed E-state index contributed by atoms with van der Waals surface area (Å²) >= 11 is 0. The minimum absolute atomic E-state index is 0.254. The molecule has 2 heterocycles. The van der Waals surface area contributed by atoms with Crippen LogP contribution in [0.5, 0.6) is 0 Å². The number of carbonyl (C=O) groups is 2. The van der Waals surface area contributed by atoms with Gasteiger partial charge < -0.3 is 19.4 Å². The first-order chi connectivity index (χ1) is 15.5. The molecule has 0 bridgehead atoms. The van der Waals surface area contributed by atoms with E-state index in [2.05, 4.69) is 46.6 Å². The lowest BCUT2D eigenvalue weighted by atomic mass is 9.70. The summed E-state index contributed by atoms with van der Waals surface area (Å²) in [5, 5.41) is 3.79. The first kappa shape index (κ1) is 22.1. The average Bonchev–Trinajstić information content (AvgIpc) is 3.31. The van der Waals surface area contributed by atoms with E-state index in [0.29, 0.717) is 17.9 Å². The van der Waals surface area contributed by atoms with Crippen LogP contribution in [0.3, 0.4) is 0 Å². The molecule has 1 aliphatic carbocycles. The van der Waals surface area contributed by atoms with Crippen LogP contribution in [0, 0.1) is 11.3 Å². The second-order valence-electron chi connectivity index (χ2n) is 8.63. The van der Waals surface area contributed by atoms with Crippen LogP contribution in [-0.2, 0) is 25.5 Å². The van der Waals surface area contributed by atoms with Gasteiger partial charge in [-0.15, -0.1) is 0 Å². The number of hydrogen-bond donors (Lipinski definition) is 2. The number of H-pyrrole nitrogens is 1. The number of benzene rings is 1. The van der Waals surface area contributed by atoms with E-state index in [1.54, 1.807) is 6.08 Å². The van der Waals surface area contributed by atoms with Gasteiger partial charge in [-0.2, -0.15) is 0 Å². The number of nitrogens with zero attached hydrogens (tertiary/aromatic N) is 1. The summed E-state index contributed by atoms with van der Waals surface area (Å²) < 4.78 is 10.8. The van der Waals surface area contributed by atoms with Gasteiger partial charge >= 0.3 is 0 Å². The molecule has 1 aliphatic heterocycles. The van der Waals surface area contributed by atoms with E-state index in [0.717, 1.165) is 32.4 Å². The van der Waals surface area contributed by atoms with Crippen LogP contribution in [0.4, 0.5) is 0 Å². The Morgan fingerprint density at radius 3 is 2.66 bits per heavy atom. The van der Waals surface area contributed by atoms with Gasteiger partial charge in [0.2, 0.25) is 11.8 Å². The number of fused-ring (bicyclic) bond motifs is 2. The van der Waals surface area contributed by atoms with Crippen molar-refractivity contribution in [2.75, 3.05) is 34.4 Å². The maximum absolute atomic E-state index is 12.8. The van der Waals surface area contributed by atoms with Gasteiger partial charge in [0.1, 0.15) is 5.92 Å². The van der Waals surface area contributed by atoms with E-state index in [-0.39, 0.29) is 11.8 Å². The normalized spacial score (nSPS) is 22.6. The molecule has 7 nitrogen and oxygen atoms in total. The van der Waals surface area contributed by atoms with Crippen LogP contribution in [0.2, 0.25) is 0 Å². The molecule has 0 radical (unpaired) electrons. The number of aromatic nitrogens is 1. The fourth-order valence-electron chi connectivity index (χ4n) is 5.00. The van der Waals surface area contributed by atoms with Gasteiger partial charge in [-0.25, -0.2) is 0 Å². The van der Waals surface area contributed by atoms with E-state index in [9.17, 15) is 9.59 Å². The number of aryl methyl sites for hydroxylation is 1. The second-order valence-corrected chi connectivity index (χ2v) is 8.63. The highest BCUT2D eigenvalue weighted by Crippen LogP contribution is 2.47. The number of allylic oxidation sites excluding steroid dienone is 1. The summed E-state index contributed by atoms with van der Waals surface area (Å²) in [6.07, 6.45) is 9.10. The van der Waals surface area contributed by atoms with Gasteiger partial charge in [0.05, 0.1) is 19.6 Å². The molecule has 4 rings (SSSR count). The molecule has 0 saturated carbocycles. The van der Waals surface area contributed by atoms with Gasteiger partial charge in [-0.05, 0) is 63.5 Å². The zero-order valence-corrected chi connectivity index (χ0v) is 18.9. The molecule has 1 aromatic carbocycles. The minimum Gasteiger partial charge on any atom is -0.496 e. The molecule has 2 unspecified atom stereocenters. The zero-order valence-electron chi connectivity index (χ0n) is 18.9. The summed E-state index contributed by atoms with van der Waals surface area (Å²) in [6, 6.07) is 8.37. The average molecular weight is 438 g/mol. The third-order valence-corrected chi connectivity index (χ3v) is 6.70. The number of para-hydroxylation sites is 1. The number of hydrogen-bond acceptors (Lipinski definition) is 5. The standard InChI is InChI=1S/C25H31N3O4/c1-28(14-6-8-17-16-26-19-10-5-4-9-18(17)19)15-7-12-25-13-11-20(31-2)22(32-3)21(25)23(29)27-24(25)30/h4-5,9-11,13,16,21,26H,6-8,12,14-15H2,1-3H3,(H,27,29,30). The highest BCUT2D eigenvalue weighted by atomic mass is 16.5. The number of methoxy groups -OCH3 is 2. The fourth-order valence-corrected chi connectivity index (χ4v) is 5.00. The first-order valence-corrected chi connectivity index (χ1v) is 11.1. The maximum atomic E-state index is 12.8. The number of imide groups is 1.